The largest absolute Gasteiger partial charge is 0.497 e. The molecule has 0 aromatic heterocycles. The van der Waals surface area contributed by atoms with Crippen LogP contribution in [0.3, 0.4) is 0 Å². The summed E-state index contributed by atoms with van der Waals surface area (Å²) < 4.78 is 10.9. The lowest BCUT2D eigenvalue weighted by molar-refractivity contribution is -0.124. The Hall–Kier alpha value is -3.54. The molecule has 1 aliphatic rings. The first kappa shape index (κ1) is 18.8. The molecule has 3 aromatic carbocycles. The zero-order valence-corrected chi connectivity index (χ0v) is 16.2. The third-order valence-electron chi connectivity index (χ3n) is 4.93. The summed E-state index contributed by atoms with van der Waals surface area (Å²) in [5, 5.41) is 5.06. The predicted molar refractivity (Wildman–Crippen MR) is 111 cm³/mol. The molecule has 0 aliphatic carbocycles. The number of rotatable bonds is 5. The second kappa shape index (κ2) is 8.22. The first-order chi connectivity index (χ1) is 14.1. The SMILES string of the molecule is COc1ccc2cc(CNC(=O)CN3C(=O)CCOc4ccccc43)ccc2c1. The Bertz CT molecular complexity index is 1060. The van der Waals surface area contributed by atoms with Crippen molar-refractivity contribution in [3.05, 3.63) is 66.2 Å². The van der Waals surface area contributed by atoms with Crippen molar-refractivity contribution in [2.75, 3.05) is 25.2 Å². The van der Waals surface area contributed by atoms with Crippen LogP contribution in [-0.2, 0) is 16.1 Å². The predicted octanol–water partition coefficient (Wildman–Crippen LogP) is 3.28. The number of methoxy groups -OCH3 is 1. The number of para-hydroxylation sites is 2. The highest BCUT2D eigenvalue weighted by atomic mass is 16.5. The number of anilines is 1. The molecule has 29 heavy (non-hydrogen) atoms. The summed E-state index contributed by atoms with van der Waals surface area (Å²) in [5.41, 5.74) is 1.62. The molecular formula is C23H22N2O4. The van der Waals surface area contributed by atoms with E-state index in [1.165, 1.54) is 4.90 Å². The molecule has 0 saturated heterocycles. The zero-order valence-electron chi connectivity index (χ0n) is 16.2. The summed E-state index contributed by atoms with van der Waals surface area (Å²) in [4.78, 5) is 26.5. The quantitative estimate of drug-likeness (QED) is 0.726. The summed E-state index contributed by atoms with van der Waals surface area (Å²) in [6.07, 6.45) is 0.246. The van der Waals surface area contributed by atoms with Gasteiger partial charge in [0.25, 0.3) is 0 Å². The van der Waals surface area contributed by atoms with Crippen LogP contribution < -0.4 is 19.7 Å². The molecule has 0 spiro atoms. The van der Waals surface area contributed by atoms with Gasteiger partial charge in [0.2, 0.25) is 11.8 Å². The molecule has 0 fully saturated rings. The van der Waals surface area contributed by atoms with Gasteiger partial charge in [-0.3, -0.25) is 14.5 Å². The molecule has 0 saturated carbocycles. The van der Waals surface area contributed by atoms with Crippen molar-refractivity contribution < 1.29 is 19.1 Å². The van der Waals surface area contributed by atoms with Crippen LogP contribution in [0, 0.1) is 0 Å². The van der Waals surface area contributed by atoms with Crippen molar-refractivity contribution in [1.29, 1.82) is 0 Å². The van der Waals surface area contributed by atoms with Gasteiger partial charge in [-0.2, -0.15) is 0 Å². The molecule has 6 heteroatoms. The van der Waals surface area contributed by atoms with E-state index >= 15 is 0 Å². The molecule has 1 aliphatic heterocycles. The van der Waals surface area contributed by atoms with Gasteiger partial charge in [0.1, 0.15) is 18.0 Å². The van der Waals surface area contributed by atoms with E-state index < -0.39 is 0 Å². The molecule has 0 bridgehead atoms. The summed E-state index contributed by atoms with van der Waals surface area (Å²) in [7, 11) is 1.64. The van der Waals surface area contributed by atoms with Gasteiger partial charge >= 0.3 is 0 Å². The van der Waals surface area contributed by atoms with Crippen molar-refractivity contribution in [3.8, 4) is 11.5 Å². The second-order valence-electron chi connectivity index (χ2n) is 6.87. The Kier molecular flexibility index (Phi) is 5.33. The highest BCUT2D eigenvalue weighted by Gasteiger charge is 2.24. The monoisotopic (exact) mass is 390 g/mol. The lowest BCUT2D eigenvalue weighted by Crippen LogP contribution is -2.40. The standard InChI is InChI=1S/C23H22N2O4/c1-28-19-9-8-17-12-16(6-7-18(17)13-19)14-24-22(26)15-25-20-4-2-3-5-21(20)29-11-10-23(25)27/h2-9,12-13H,10-11,14-15H2,1H3,(H,24,26). The third kappa shape index (κ3) is 4.16. The number of carbonyl (C=O) groups is 2. The fraction of sp³-hybridized carbons (Fsp3) is 0.217. The molecule has 2 amide bonds. The number of carbonyl (C=O) groups excluding carboxylic acids is 2. The Morgan fingerprint density at radius 3 is 2.76 bits per heavy atom. The Balaban J connectivity index is 1.43. The smallest absolute Gasteiger partial charge is 0.240 e. The van der Waals surface area contributed by atoms with Gasteiger partial charge in [-0.15, -0.1) is 0 Å². The van der Waals surface area contributed by atoms with E-state index in [1.54, 1.807) is 13.2 Å². The number of ether oxygens (including phenoxy) is 2. The number of hydrogen-bond donors (Lipinski definition) is 1. The topological polar surface area (TPSA) is 67.9 Å². The van der Waals surface area contributed by atoms with E-state index in [9.17, 15) is 9.59 Å². The second-order valence-corrected chi connectivity index (χ2v) is 6.87. The van der Waals surface area contributed by atoms with E-state index in [-0.39, 0.29) is 24.8 Å². The number of hydrogen-bond acceptors (Lipinski definition) is 4. The average molecular weight is 390 g/mol. The van der Waals surface area contributed by atoms with Crippen LogP contribution in [0.4, 0.5) is 5.69 Å². The fourth-order valence-electron chi connectivity index (χ4n) is 3.40. The first-order valence-electron chi connectivity index (χ1n) is 9.49. The number of amides is 2. The van der Waals surface area contributed by atoms with Gasteiger partial charge in [-0.25, -0.2) is 0 Å². The third-order valence-corrected chi connectivity index (χ3v) is 4.93. The molecule has 1 heterocycles. The molecule has 1 N–H and O–H groups in total. The van der Waals surface area contributed by atoms with Gasteiger partial charge < -0.3 is 14.8 Å². The van der Waals surface area contributed by atoms with E-state index in [4.69, 9.17) is 9.47 Å². The highest BCUT2D eigenvalue weighted by molar-refractivity contribution is 6.00. The van der Waals surface area contributed by atoms with E-state index in [0.717, 1.165) is 22.1 Å². The van der Waals surface area contributed by atoms with E-state index in [2.05, 4.69) is 5.32 Å². The minimum absolute atomic E-state index is 0.0377. The van der Waals surface area contributed by atoms with Crippen LogP contribution in [0.1, 0.15) is 12.0 Å². The number of nitrogens with zero attached hydrogens (tertiary/aromatic N) is 1. The molecule has 3 aromatic rings. The lowest BCUT2D eigenvalue weighted by atomic mass is 10.1. The summed E-state index contributed by atoms with van der Waals surface area (Å²) in [5.74, 6) is 1.09. The Morgan fingerprint density at radius 1 is 1.10 bits per heavy atom. The fourth-order valence-corrected chi connectivity index (χ4v) is 3.40. The van der Waals surface area contributed by atoms with Crippen LogP contribution in [-0.4, -0.2) is 32.1 Å². The minimum atomic E-state index is -0.218. The van der Waals surface area contributed by atoms with Crippen LogP contribution >= 0.6 is 0 Å². The van der Waals surface area contributed by atoms with Crippen LogP contribution in [0.2, 0.25) is 0 Å². The molecule has 4 rings (SSSR count). The summed E-state index contributed by atoms with van der Waals surface area (Å²) >= 11 is 0. The van der Waals surface area contributed by atoms with Gasteiger partial charge in [-0.05, 0) is 46.7 Å². The summed E-state index contributed by atoms with van der Waals surface area (Å²) in [6, 6.07) is 19.2. The van der Waals surface area contributed by atoms with Gasteiger partial charge in [0.15, 0.2) is 0 Å². The van der Waals surface area contributed by atoms with Crippen molar-refractivity contribution in [2.24, 2.45) is 0 Å². The molecular weight excluding hydrogens is 368 g/mol. The van der Waals surface area contributed by atoms with Gasteiger partial charge in [-0.1, -0.05) is 30.3 Å². The lowest BCUT2D eigenvalue weighted by Gasteiger charge is -2.21. The van der Waals surface area contributed by atoms with Crippen LogP contribution in [0.5, 0.6) is 11.5 Å². The number of fused-ring (bicyclic) bond motifs is 2. The maximum absolute atomic E-state index is 12.5. The van der Waals surface area contributed by atoms with Gasteiger partial charge in [0, 0.05) is 6.54 Å². The molecule has 0 radical (unpaired) electrons. The summed E-state index contributed by atoms with van der Waals surface area (Å²) in [6.45, 7) is 0.667. The van der Waals surface area contributed by atoms with E-state index in [0.29, 0.717) is 24.6 Å². The first-order valence-corrected chi connectivity index (χ1v) is 9.49. The highest BCUT2D eigenvalue weighted by Crippen LogP contribution is 2.30. The van der Waals surface area contributed by atoms with E-state index in [1.807, 2.05) is 54.6 Å². The normalized spacial score (nSPS) is 13.4. The maximum atomic E-state index is 12.5. The van der Waals surface area contributed by atoms with Crippen LogP contribution in [0.15, 0.2) is 60.7 Å². The van der Waals surface area contributed by atoms with Crippen molar-refractivity contribution in [3.63, 3.8) is 0 Å². The molecule has 0 unspecified atom stereocenters. The average Bonchev–Trinajstić information content (AvgIpc) is 2.90. The Morgan fingerprint density at radius 2 is 1.90 bits per heavy atom. The molecule has 0 atom stereocenters. The molecule has 6 nitrogen and oxygen atoms in total. The number of nitrogens with one attached hydrogen (secondary N) is 1. The minimum Gasteiger partial charge on any atom is -0.497 e. The number of benzene rings is 3. The van der Waals surface area contributed by atoms with Crippen molar-refractivity contribution in [2.45, 2.75) is 13.0 Å². The Labute approximate surface area is 169 Å². The van der Waals surface area contributed by atoms with Crippen molar-refractivity contribution in [1.82, 2.24) is 5.32 Å². The van der Waals surface area contributed by atoms with Crippen LogP contribution in [0.25, 0.3) is 10.8 Å². The molecule has 148 valence electrons. The zero-order chi connectivity index (χ0) is 20.2. The maximum Gasteiger partial charge on any atom is 0.240 e. The van der Waals surface area contributed by atoms with Gasteiger partial charge in [0.05, 0.1) is 25.8 Å². The van der Waals surface area contributed by atoms with Crippen molar-refractivity contribution >= 4 is 28.3 Å².